The van der Waals surface area contributed by atoms with Gasteiger partial charge in [0.2, 0.25) is 5.89 Å². The van der Waals surface area contributed by atoms with Crippen molar-refractivity contribution in [1.29, 1.82) is 5.41 Å². The number of nitrogens with one attached hydrogen (secondary N) is 1. The van der Waals surface area contributed by atoms with Crippen molar-refractivity contribution in [1.82, 2.24) is 9.88 Å². The average molecular weight is 468 g/mol. The van der Waals surface area contributed by atoms with Crippen LogP contribution in [0.4, 0.5) is 0 Å². The van der Waals surface area contributed by atoms with E-state index >= 15 is 0 Å². The van der Waals surface area contributed by atoms with Gasteiger partial charge in [0.05, 0.1) is 5.84 Å². The van der Waals surface area contributed by atoms with Gasteiger partial charge in [0.1, 0.15) is 17.5 Å². The fourth-order valence-electron chi connectivity index (χ4n) is 4.35. The van der Waals surface area contributed by atoms with Gasteiger partial charge in [-0.15, -0.1) is 0 Å². The minimum absolute atomic E-state index is 0.175. The molecule has 0 bridgehead atoms. The second-order valence-electron chi connectivity index (χ2n) is 8.42. The third kappa shape index (κ3) is 4.94. The molecule has 1 unspecified atom stereocenters. The predicted octanol–water partition coefficient (Wildman–Crippen LogP) is 5.79. The number of oxazole rings is 1. The summed E-state index contributed by atoms with van der Waals surface area (Å²) in [4.78, 5) is 17.8. The quantitative estimate of drug-likeness (QED) is 0.340. The van der Waals surface area contributed by atoms with Crippen LogP contribution < -0.4 is 4.74 Å². The Morgan fingerprint density at radius 1 is 1.03 bits per heavy atom. The summed E-state index contributed by atoms with van der Waals surface area (Å²) >= 11 is 0. The third-order valence-electron chi connectivity index (χ3n) is 6.00. The van der Waals surface area contributed by atoms with Crippen LogP contribution in [0.5, 0.6) is 5.75 Å². The molecule has 1 atom stereocenters. The fraction of sp³-hybridized carbons (Fsp3) is 0.179. The highest BCUT2D eigenvalue weighted by Crippen LogP contribution is 2.40. The number of likely N-dealkylation sites (tertiary alicyclic amines) is 1. The Labute approximate surface area is 203 Å². The van der Waals surface area contributed by atoms with Crippen LogP contribution >= 0.6 is 0 Å². The van der Waals surface area contributed by atoms with Gasteiger partial charge >= 0.3 is 5.97 Å². The first-order valence-electron chi connectivity index (χ1n) is 11.5. The molecule has 1 aliphatic rings. The van der Waals surface area contributed by atoms with Crippen molar-refractivity contribution in [2.45, 2.75) is 25.4 Å². The Morgan fingerprint density at radius 3 is 2.46 bits per heavy atom. The lowest BCUT2D eigenvalue weighted by atomic mass is 10.1. The molecule has 0 radical (unpaired) electrons. The van der Waals surface area contributed by atoms with E-state index in [2.05, 4.69) is 0 Å². The van der Waals surface area contributed by atoms with Gasteiger partial charge in [0.15, 0.2) is 12.4 Å². The number of carboxylic acids is 1. The highest BCUT2D eigenvalue weighted by Gasteiger charge is 2.34. The van der Waals surface area contributed by atoms with Crippen molar-refractivity contribution >= 4 is 11.8 Å². The van der Waals surface area contributed by atoms with Crippen LogP contribution in [0.15, 0.2) is 89.3 Å². The summed E-state index contributed by atoms with van der Waals surface area (Å²) in [6, 6.07) is 27.0. The van der Waals surface area contributed by atoms with Crippen molar-refractivity contribution < 1.29 is 19.1 Å². The normalized spacial score (nSPS) is 15.4. The summed E-state index contributed by atoms with van der Waals surface area (Å²) in [5.41, 5.74) is 3.63. The molecule has 35 heavy (non-hydrogen) atoms. The molecule has 0 saturated carbocycles. The minimum atomic E-state index is -1.02. The smallest absolute Gasteiger partial charge is 0.341 e. The van der Waals surface area contributed by atoms with Crippen LogP contribution in [0.1, 0.15) is 30.3 Å². The number of nitrogens with zero attached hydrogens (tertiary/aromatic N) is 2. The lowest BCUT2D eigenvalue weighted by Crippen LogP contribution is -2.27. The topological polar surface area (TPSA) is 99.7 Å². The van der Waals surface area contributed by atoms with Crippen molar-refractivity contribution in [3.63, 3.8) is 0 Å². The molecule has 0 aliphatic carbocycles. The number of hydrogen-bond acceptors (Lipinski definition) is 5. The van der Waals surface area contributed by atoms with Gasteiger partial charge in [-0.25, -0.2) is 9.78 Å². The summed E-state index contributed by atoms with van der Waals surface area (Å²) in [6.45, 7) is 0.0734. The van der Waals surface area contributed by atoms with Crippen molar-refractivity contribution in [3.8, 4) is 28.3 Å². The number of rotatable bonds is 8. The monoisotopic (exact) mass is 467 g/mol. The van der Waals surface area contributed by atoms with Gasteiger partial charge in [-0.1, -0.05) is 72.8 Å². The molecule has 3 aromatic carbocycles. The molecule has 7 nitrogen and oxygen atoms in total. The third-order valence-corrected chi connectivity index (χ3v) is 6.00. The highest BCUT2D eigenvalue weighted by atomic mass is 16.5. The van der Waals surface area contributed by atoms with Crippen LogP contribution in [-0.2, 0) is 11.3 Å². The molecule has 2 heterocycles. The van der Waals surface area contributed by atoms with Gasteiger partial charge in [-0.2, -0.15) is 0 Å². The Kier molecular flexibility index (Phi) is 6.30. The number of ether oxygens (including phenoxy) is 1. The molecule has 2 N–H and O–H groups in total. The second kappa shape index (κ2) is 9.85. The molecular weight excluding hydrogens is 442 g/mol. The number of hydrogen-bond donors (Lipinski definition) is 2. The van der Waals surface area contributed by atoms with Gasteiger partial charge in [-0.05, 0) is 24.1 Å². The maximum absolute atomic E-state index is 10.8. The van der Waals surface area contributed by atoms with E-state index in [1.807, 2.05) is 83.8 Å². The number of carbonyl (C=O) groups is 1. The zero-order chi connectivity index (χ0) is 24.2. The Bertz CT molecular complexity index is 1280. The summed E-state index contributed by atoms with van der Waals surface area (Å²) in [5.74, 6) is 1.29. The van der Waals surface area contributed by atoms with E-state index in [-0.39, 0.29) is 6.04 Å². The van der Waals surface area contributed by atoms with Crippen LogP contribution in [-0.4, -0.2) is 33.4 Å². The lowest BCUT2D eigenvalue weighted by Gasteiger charge is -2.24. The van der Waals surface area contributed by atoms with E-state index in [0.29, 0.717) is 36.2 Å². The zero-order valence-corrected chi connectivity index (χ0v) is 19.1. The van der Waals surface area contributed by atoms with E-state index in [9.17, 15) is 4.79 Å². The number of amidine groups is 1. The number of benzene rings is 3. The molecule has 4 aromatic rings. The van der Waals surface area contributed by atoms with Crippen LogP contribution in [0.25, 0.3) is 22.6 Å². The van der Waals surface area contributed by atoms with E-state index < -0.39 is 12.6 Å². The minimum Gasteiger partial charge on any atom is -0.482 e. The van der Waals surface area contributed by atoms with Gasteiger partial charge < -0.3 is 19.2 Å². The molecule has 1 aliphatic heterocycles. The maximum atomic E-state index is 10.8. The molecule has 0 amide bonds. The van der Waals surface area contributed by atoms with Crippen LogP contribution in [0.3, 0.4) is 0 Å². The summed E-state index contributed by atoms with van der Waals surface area (Å²) in [7, 11) is 0. The highest BCUT2D eigenvalue weighted by molar-refractivity contribution is 5.82. The SMILES string of the molecule is N=C1CCC(c2nc(-c3ccccc3)c(-c3ccccc3)o2)N1Cc1cccc(OCC(=O)O)c1. The molecule has 0 spiro atoms. The molecule has 1 saturated heterocycles. The lowest BCUT2D eigenvalue weighted by molar-refractivity contribution is -0.139. The van der Waals surface area contributed by atoms with Crippen molar-refractivity contribution in [2.75, 3.05) is 6.61 Å². The summed E-state index contributed by atoms with van der Waals surface area (Å²) < 4.78 is 11.7. The molecule has 5 rings (SSSR count). The Balaban J connectivity index is 1.46. The first-order chi connectivity index (χ1) is 17.1. The van der Waals surface area contributed by atoms with Gasteiger partial charge in [-0.3, -0.25) is 5.41 Å². The van der Waals surface area contributed by atoms with E-state index in [1.54, 1.807) is 6.07 Å². The summed E-state index contributed by atoms with van der Waals surface area (Å²) in [5, 5.41) is 17.4. The number of aromatic nitrogens is 1. The molecule has 1 aromatic heterocycles. The van der Waals surface area contributed by atoms with E-state index in [4.69, 9.17) is 24.7 Å². The predicted molar refractivity (Wildman–Crippen MR) is 132 cm³/mol. The number of aliphatic carboxylic acids is 1. The maximum Gasteiger partial charge on any atom is 0.341 e. The first kappa shape index (κ1) is 22.4. The Hall–Kier alpha value is -4.39. The Morgan fingerprint density at radius 2 is 1.74 bits per heavy atom. The van der Waals surface area contributed by atoms with Gasteiger partial charge in [0.25, 0.3) is 0 Å². The summed E-state index contributed by atoms with van der Waals surface area (Å²) in [6.07, 6.45) is 1.36. The largest absolute Gasteiger partial charge is 0.482 e. The molecule has 1 fully saturated rings. The zero-order valence-electron chi connectivity index (χ0n) is 19.1. The number of carboxylic acid groups (broad SMARTS) is 1. The molecular formula is C28H25N3O4. The second-order valence-corrected chi connectivity index (χ2v) is 8.42. The van der Waals surface area contributed by atoms with Gasteiger partial charge in [0, 0.05) is 24.1 Å². The average Bonchev–Trinajstić information content (AvgIpc) is 3.48. The van der Waals surface area contributed by atoms with E-state index in [0.717, 1.165) is 28.8 Å². The fourth-order valence-corrected chi connectivity index (χ4v) is 4.35. The van der Waals surface area contributed by atoms with Crippen LogP contribution in [0.2, 0.25) is 0 Å². The molecule has 176 valence electrons. The van der Waals surface area contributed by atoms with Crippen molar-refractivity contribution in [3.05, 3.63) is 96.4 Å². The van der Waals surface area contributed by atoms with Crippen molar-refractivity contribution in [2.24, 2.45) is 0 Å². The standard InChI is InChI=1S/C28H25N3O4/c29-24-15-14-23(31(24)17-19-8-7-13-22(16-19)34-18-25(32)33)28-30-26(20-9-3-1-4-10-20)27(35-28)21-11-5-2-6-12-21/h1-13,16,23,29H,14-15,17-18H2,(H,32,33). The first-order valence-corrected chi connectivity index (χ1v) is 11.5. The van der Waals surface area contributed by atoms with E-state index in [1.165, 1.54) is 0 Å². The molecule has 7 heteroatoms. The van der Waals surface area contributed by atoms with Crippen LogP contribution in [0, 0.1) is 5.41 Å².